The Bertz CT molecular complexity index is 979. The topological polar surface area (TPSA) is 89.0 Å². The van der Waals surface area contributed by atoms with E-state index in [-0.39, 0.29) is 0 Å². The van der Waals surface area contributed by atoms with Crippen molar-refractivity contribution in [2.45, 2.75) is 0 Å². The Labute approximate surface area is 155 Å². The second-order valence-corrected chi connectivity index (χ2v) is 5.48. The fourth-order valence-electron chi connectivity index (χ4n) is 2.44. The SMILES string of the molecule is COc1ccc(NC(=O)/C=N/OC(=O)Nc2cccc3ccccc23)cc1. The number of amides is 2. The number of benzene rings is 3. The molecule has 0 aromatic heterocycles. The summed E-state index contributed by atoms with van der Waals surface area (Å²) in [7, 11) is 1.56. The fourth-order valence-corrected chi connectivity index (χ4v) is 2.44. The Morgan fingerprint density at radius 3 is 2.44 bits per heavy atom. The van der Waals surface area contributed by atoms with Gasteiger partial charge in [0.15, 0.2) is 0 Å². The van der Waals surface area contributed by atoms with Gasteiger partial charge in [0.2, 0.25) is 0 Å². The Hall–Kier alpha value is -3.87. The van der Waals surface area contributed by atoms with E-state index < -0.39 is 12.0 Å². The molecule has 0 unspecified atom stereocenters. The van der Waals surface area contributed by atoms with Crippen LogP contribution in [0.3, 0.4) is 0 Å². The summed E-state index contributed by atoms with van der Waals surface area (Å²) >= 11 is 0. The number of fused-ring (bicyclic) bond motifs is 1. The molecule has 7 heteroatoms. The molecule has 3 rings (SSSR count). The predicted octanol–water partition coefficient (Wildman–Crippen LogP) is 4.02. The zero-order chi connectivity index (χ0) is 19.1. The summed E-state index contributed by atoms with van der Waals surface area (Å²) in [4.78, 5) is 28.3. The fraction of sp³-hybridized carbons (Fsp3) is 0.0500. The zero-order valence-corrected chi connectivity index (χ0v) is 14.5. The molecule has 0 atom stereocenters. The van der Waals surface area contributed by atoms with Crippen molar-refractivity contribution in [1.82, 2.24) is 0 Å². The Morgan fingerprint density at radius 2 is 1.67 bits per heavy atom. The van der Waals surface area contributed by atoms with Crippen LogP contribution in [0.5, 0.6) is 5.75 Å². The molecular formula is C20H17N3O4. The van der Waals surface area contributed by atoms with Gasteiger partial charge in [0.25, 0.3) is 5.91 Å². The zero-order valence-electron chi connectivity index (χ0n) is 14.5. The van der Waals surface area contributed by atoms with Crippen molar-refractivity contribution in [2.24, 2.45) is 5.16 Å². The van der Waals surface area contributed by atoms with Gasteiger partial charge < -0.3 is 10.1 Å². The monoisotopic (exact) mass is 363 g/mol. The molecule has 3 aromatic carbocycles. The Kier molecular flexibility index (Phi) is 5.64. The number of hydrogen-bond donors (Lipinski definition) is 2. The molecule has 0 bridgehead atoms. The third-order valence-electron chi connectivity index (χ3n) is 3.69. The third kappa shape index (κ3) is 4.82. The minimum Gasteiger partial charge on any atom is -0.497 e. The van der Waals surface area contributed by atoms with Crippen LogP contribution >= 0.6 is 0 Å². The second kappa shape index (κ2) is 8.48. The average Bonchev–Trinajstić information content (AvgIpc) is 2.69. The van der Waals surface area contributed by atoms with Crippen molar-refractivity contribution in [3.8, 4) is 5.75 Å². The van der Waals surface area contributed by atoms with Gasteiger partial charge in [-0.25, -0.2) is 4.79 Å². The van der Waals surface area contributed by atoms with Gasteiger partial charge in [0.1, 0.15) is 12.0 Å². The number of oxime groups is 1. The summed E-state index contributed by atoms with van der Waals surface area (Å²) in [5, 5.41) is 10.4. The highest BCUT2D eigenvalue weighted by Gasteiger charge is 2.06. The van der Waals surface area contributed by atoms with Gasteiger partial charge in [0, 0.05) is 11.1 Å². The highest BCUT2D eigenvalue weighted by atomic mass is 16.7. The van der Waals surface area contributed by atoms with Crippen molar-refractivity contribution in [3.63, 3.8) is 0 Å². The van der Waals surface area contributed by atoms with Gasteiger partial charge in [0.05, 0.1) is 12.8 Å². The molecule has 0 spiro atoms. The van der Waals surface area contributed by atoms with Crippen LogP contribution in [0.25, 0.3) is 10.8 Å². The molecular weight excluding hydrogens is 346 g/mol. The molecule has 3 aromatic rings. The normalized spacial score (nSPS) is 10.6. The maximum absolute atomic E-state index is 11.9. The van der Waals surface area contributed by atoms with E-state index in [1.54, 1.807) is 37.4 Å². The first-order chi connectivity index (χ1) is 13.2. The van der Waals surface area contributed by atoms with E-state index in [1.807, 2.05) is 36.4 Å². The molecule has 136 valence electrons. The average molecular weight is 363 g/mol. The van der Waals surface area contributed by atoms with E-state index >= 15 is 0 Å². The molecule has 0 saturated carbocycles. The molecule has 0 fully saturated rings. The molecule has 2 N–H and O–H groups in total. The van der Waals surface area contributed by atoms with Crippen LogP contribution in [0.4, 0.5) is 16.2 Å². The number of ether oxygens (including phenoxy) is 1. The number of rotatable bonds is 5. The summed E-state index contributed by atoms with van der Waals surface area (Å²) in [5.74, 6) is 0.147. The van der Waals surface area contributed by atoms with E-state index in [4.69, 9.17) is 4.74 Å². The first-order valence-electron chi connectivity index (χ1n) is 8.10. The van der Waals surface area contributed by atoms with Crippen molar-refractivity contribution < 1.29 is 19.2 Å². The van der Waals surface area contributed by atoms with Gasteiger partial charge in [-0.3, -0.25) is 14.9 Å². The lowest BCUT2D eigenvalue weighted by Crippen LogP contribution is -2.15. The van der Waals surface area contributed by atoms with Gasteiger partial charge in [-0.1, -0.05) is 41.6 Å². The van der Waals surface area contributed by atoms with Crippen LogP contribution in [0.15, 0.2) is 71.9 Å². The maximum atomic E-state index is 11.9. The molecule has 7 nitrogen and oxygen atoms in total. The van der Waals surface area contributed by atoms with Crippen molar-refractivity contribution in [1.29, 1.82) is 0 Å². The van der Waals surface area contributed by atoms with E-state index in [9.17, 15) is 9.59 Å². The summed E-state index contributed by atoms with van der Waals surface area (Å²) in [5.41, 5.74) is 1.16. The van der Waals surface area contributed by atoms with Crippen LogP contribution in [0.2, 0.25) is 0 Å². The van der Waals surface area contributed by atoms with Crippen LogP contribution in [-0.2, 0) is 9.63 Å². The van der Waals surface area contributed by atoms with Gasteiger partial charge in [-0.05, 0) is 35.7 Å². The summed E-state index contributed by atoms with van der Waals surface area (Å²) in [6.45, 7) is 0. The van der Waals surface area contributed by atoms with Crippen molar-refractivity contribution >= 4 is 40.4 Å². The minimum atomic E-state index is -0.792. The molecule has 0 aliphatic carbocycles. The number of carbonyl (C=O) groups is 2. The third-order valence-corrected chi connectivity index (χ3v) is 3.69. The van der Waals surface area contributed by atoms with Crippen molar-refractivity contribution in [3.05, 3.63) is 66.7 Å². The predicted molar refractivity (Wildman–Crippen MR) is 104 cm³/mol. The van der Waals surface area contributed by atoms with Crippen molar-refractivity contribution in [2.75, 3.05) is 17.7 Å². The van der Waals surface area contributed by atoms with E-state index in [1.165, 1.54) is 0 Å². The first-order valence-corrected chi connectivity index (χ1v) is 8.10. The van der Waals surface area contributed by atoms with Crippen LogP contribution in [0.1, 0.15) is 0 Å². The standard InChI is InChI=1S/C20H17N3O4/c1-26-16-11-9-15(10-12-16)22-19(24)13-21-27-20(25)23-18-8-4-6-14-5-2-3-7-17(14)18/h2-13H,1H3,(H,22,24)(H,23,25)/b21-13+. The summed E-state index contributed by atoms with van der Waals surface area (Å²) in [6, 6.07) is 19.9. The van der Waals surface area contributed by atoms with Crippen LogP contribution < -0.4 is 15.4 Å². The molecule has 0 saturated heterocycles. The van der Waals surface area contributed by atoms with Gasteiger partial charge >= 0.3 is 6.09 Å². The lowest BCUT2D eigenvalue weighted by Gasteiger charge is -2.06. The molecule has 0 aliphatic heterocycles. The van der Waals surface area contributed by atoms with Gasteiger partial charge in [-0.15, -0.1) is 0 Å². The molecule has 0 radical (unpaired) electrons. The quantitative estimate of drug-likeness (QED) is 0.407. The summed E-state index contributed by atoms with van der Waals surface area (Å²) in [6.07, 6.45) is 0.0901. The highest BCUT2D eigenvalue weighted by molar-refractivity contribution is 6.31. The number of hydrogen-bond acceptors (Lipinski definition) is 5. The largest absolute Gasteiger partial charge is 0.497 e. The van der Waals surface area contributed by atoms with E-state index in [0.717, 1.165) is 17.0 Å². The lowest BCUT2D eigenvalue weighted by molar-refractivity contribution is -0.110. The molecule has 0 aliphatic rings. The number of nitrogens with zero attached hydrogens (tertiary/aromatic N) is 1. The van der Waals surface area contributed by atoms with Crippen LogP contribution in [0, 0.1) is 0 Å². The van der Waals surface area contributed by atoms with Crippen LogP contribution in [-0.4, -0.2) is 25.3 Å². The number of nitrogens with one attached hydrogen (secondary N) is 2. The van der Waals surface area contributed by atoms with E-state index in [2.05, 4.69) is 20.6 Å². The van der Waals surface area contributed by atoms with Gasteiger partial charge in [-0.2, -0.15) is 0 Å². The lowest BCUT2D eigenvalue weighted by atomic mass is 10.1. The number of carbonyl (C=O) groups excluding carboxylic acids is 2. The Balaban J connectivity index is 1.54. The molecule has 0 heterocycles. The smallest absolute Gasteiger partial charge is 0.437 e. The number of anilines is 2. The van der Waals surface area contributed by atoms with E-state index in [0.29, 0.717) is 17.1 Å². The minimum absolute atomic E-state index is 0.530. The number of methoxy groups -OCH3 is 1. The summed E-state index contributed by atoms with van der Waals surface area (Å²) < 4.78 is 5.04. The molecule has 2 amide bonds. The Morgan fingerprint density at radius 1 is 0.926 bits per heavy atom. The molecule has 27 heavy (non-hydrogen) atoms. The second-order valence-electron chi connectivity index (χ2n) is 5.48. The maximum Gasteiger partial charge on any atom is 0.437 e. The highest BCUT2D eigenvalue weighted by Crippen LogP contribution is 2.23. The first kappa shape index (κ1) is 17.9.